The van der Waals surface area contributed by atoms with Crippen molar-refractivity contribution in [3.8, 4) is 5.75 Å². The van der Waals surface area contributed by atoms with Gasteiger partial charge in [0.1, 0.15) is 5.75 Å². The number of para-hydroxylation sites is 1. The van der Waals surface area contributed by atoms with Crippen molar-refractivity contribution in [2.45, 2.75) is 38.5 Å². The van der Waals surface area contributed by atoms with E-state index < -0.39 is 0 Å². The molecule has 0 bridgehead atoms. The molecule has 0 unspecified atom stereocenters. The summed E-state index contributed by atoms with van der Waals surface area (Å²) in [5.41, 5.74) is 9.98. The Hall–Kier alpha value is -2.46. The second-order valence-electron chi connectivity index (χ2n) is 13.3. The zero-order valence-electron chi connectivity index (χ0n) is 34.8. The summed E-state index contributed by atoms with van der Waals surface area (Å²) in [5.74, 6) is 0.291. The van der Waals surface area contributed by atoms with Crippen LogP contribution in [-0.4, -0.2) is 112 Å². The van der Waals surface area contributed by atoms with Gasteiger partial charge in [-0.05, 0) is 95.1 Å². The van der Waals surface area contributed by atoms with E-state index in [1.54, 1.807) is 12.1 Å². The summed E-state index contributed by atoms with van der Waals surface area (Å²) >= 11 is 0. The third kappa shape index (κ3) is 21.3. The summed E-state index contributed by atoms with van der Waals surface area (Å²) in [6.45, 7) is 6.48. The van der Waals surface area contributed by atoms with E-state index in [0.29, 0.717) is 29.6 Å². The Morgan fingerprint density at radius 1 is 0.525 bits per heavy atom. The molecule has 0 aliphatic carbocycles. The Bertz CT molecular complexity index is 1700. The van der Waals surface area contributed by atoms with Crippen molar-refractivity contribution in [1.29, 1.82) is 0 Å². The molecule has 3 aliphatic rings. The number of carbonyl (C=O) groups is 1. The quantitative estimate of drug-likeness (QED) is 0.0977. The Balaban J connectivity index is -0.000000742. The van der Waals surface area contributed by atoms with E-state index in [-0.39, 0.29) is 94.0 Å². The molecule has 0 fully saturated rings. The molecule has 314 valence electrons. The smallest absolute Gasteiger partial charge is 0.870 e. The maximum atomic E-state index is 12.2. The first kappa shape index (κ1) is 60.8. The van der Waals surface area contributed by atoms with Crippen molar-refractivity contribution in [1.82, 2.24) is 14.7 Å². The van der Waals surface area contributed by atoms with Crippen molar-refractivity contribution < 1.29 is 130 Å². The average molecular weight is 894 g/mol. The molecule has 9 nitrogen and oxygen atoms in total. The van der Waals surface area contributed by atoms with Crippen molar-refractivity contribution in [2.75, 3.05) is 67.6 Å². The molecule has 2 N–H and O–H groups in total. The third-order valence-corrected chi connectivity index (χ3v) is 9.62. The minimum atomic E-state index is -0.290. The van der Waals surface area contributed by atoms with E-state index in [2.05, 4.69) is 54.0 Å². The zero-order valence-corrected chi connectivity index (χ0v) is 39.7. The van der Waals surface area contributed by atoms with Crippen LogP contribution in [0.4, 0.5) is 22.7 Å². The molecular weight excluding hydrogens is 842 g/mol. The maximum Gasteiger partial charge on any atom is 1.00 e. The number of carbonyl (C=O) groups excluding carboxylic acids is 3. The number of esters is 1. The summed E-state index contributed by atoms with van der Waals surface area (Å²) < 4.78 is 46.9. The van der Waals surface area contributed by atoms with Gasteiger partial charge in [0.2, 0.25) is 0 Å². The molecule has 59 heavy (non-hydrogen) atoms. The van der Waals surface area contributed by atoms with Gasteiger partial charge in [0.05, 0.1) is 25.3 Å². The van der Waals surface area contributed by atoms with Crippen LogP contribution >= 0.6 is 0 Å². The number of alkyl halides is 1. The number of hydrogen-bond acceptors (Lipinski definition) is 9. The SMILES string of the molecule is CF.CN1CCc2ccc(C(=O)Oc3ccccc3)cc2CC1.CN1CCc2ccc([C-]=O)cc2CC1.CN1CCc2ccc([C-]=O)cc2CC1.FF.FF.[Li+].[OH-].[OH-].[Rb+]. The second-order valence-corrected chi connectivity index (χ2v) is 13.3. The van der Waals surface area contributed by atoms with Gasteiger partial charge in [-0.25, -0.2) is 4.79 Å². The first-order chi connectivity index (χ1) is 26.8. The molecular formula is C43H52F5LiN3O6Rb-2. The van der Waals surface area contributed by atoms with Crippen LogP contribution in [0.5, 0.6) is 5.75 Å². The molecule has 0 atom stereocenters. The molecule has 3 heterocycles. The predicted molar refractivity (Wildman–Crippen MR) is 210 cm³/mol. The number of hydrogen-bond donors (Lipinski definition) is 0. The van der Waals surface area contributed by atoms with E-state index in [4.69, 9.17) is 23.0 Å². The molecule has 16 heteroatoms. The number of rotatable bonds is 4. The standard InChI is InChI=1S/C18H19NO2.2C12H14NO.CH3F.2F2.Li.2H2O.Rb/c1-19-11-9-14-7-8-16(13-15(14)10-12-19)18(20)21-17-5-3-2-4-6-17;2*1-13-6-4-11-3-2-10(9-14)8-12(11)5-7-13;3*1-2;;;;/h2-8,13H,9-12H2,1H3;2*2-3,8H,4-7H2,1H3;1H3;;;;2*1H2;/q;2*-1;;;;+1;;;+1/p-2. The predicted octanol–water partition coefficient (Wildman–Crippen LogP) is 1.21. The molecule has 0 aromatic heterocycles. The first-order valence-corrected chi connectivity index (χ1v) is 17.9. The van der Waals surface area contributed by atoms with Crippen molar-refractivity contribution >= 4 is 18.5 Å². The van der Waals surface area contributed by atoms with E-state index >= 15 is 0 Å². The monoisotopic (exact) mass is 893 g/mol. The first-order valence-electron chi connectivity index (χ1n) is 17.9. The average Bonchev–Trinajstić information content (AvgIpc) is 3.65. The summed E-state index contributed by atoms with van der Waals surface area (Å²) in [5, 5.41) is 0. The van der Waals surface area contributed by atoms with Crippen LogP contribution in [0.3, 0.4) is 0 Å². The van der Waals surface area contributed by atoms with E-state index in [1.807, 2.05) is 67.2 Å². The van der Waals surface area contributed by atoms with Crippen LogP contribution in [0.15, 0.2) is 84.9 Å². The van der Waals surface area contributed by atoms with Crippen LogP contribution in [-0.2, 0) is 48.1 Å². The van der Waals surface area contributed by atoms with Crippen LogP contribution in [0.1, 0.15) is 54.9 Å². The van der Waals surface area contributed by atoms with Crippen molar-refractivity contribution in [3.63, 3.8) is 0 Å². The van der Waals surface area contributed by atoms with Gasteiger partial charge >= 0.3 is 83.0 Å². The van der Waals surface area contributed by atoms with Crippen molar-refractivity contribution in [3.05, 3.63) is 135 Å². The molecule has 0 spiro atoms. The molecule has 0 saturated heterocycles. The summed E-state index contributed by atoms with van der Waals surface area (Å²) in [4.78, 5) is 40.2. The number of fused-ring (bicyclic) bond motifs is 3. The minimum Gasteiger partial charge on any atom is -0.870 e. The van der Waals surface area contributed by atoms with Crippen LogP contribution < -0.4 is 81.8 Å². The Labute approximate surface area is 406 Å². The molecule has 0 radical (unpaired) electrons. The van der Waals surface area contributed by atoms with E-state index in [1.165, 1.54) is 33.4 Å². The molecule has 0 saturated carbocycles. The summed E-state index contributed by atoms with van der Waals surface area (Å²) in [6, 6.07) is 26.9. The van der Waals surface area contributed by atoms with Gasteiger partial charge in [-0.3, -0.25) is 4.39 Å². The maximum absolute atomic E-state index is 12.2. The molecule has 7 rings (SSSR count). The molecule has 3 aliphatic heterocycles. The van der Waals surface area contributed by atoms with Gasteiger partial charge in [0.25, 0.3) is 0 Å². The van der Waals surface area contributed by atoms with Gasteiger partial charge in [0, 0.05) is 57.6 Å². The number of ether oxygens (including phenoxy) is 1. The molecule has 0 amide bonds. The minimum absolute atomic E-state index is 0. The summed E-state index contributed by atoms with van der Waals surface area (Å²) in [6.07, 6.45) is 10.2. The van der Waals surface area contributed by atoms with Gasteiger partial charge in [-0.15, -0.1) is 12.1 Å². The summed E-state index contributed by atoms with van der Waals surface area (Å²) in [7, 11) is 6.91. The second kappa shape index (κ2) is 35.2. The Morgan fingerprint density at radius 2 is 0.847 bits per heavy atom. The van der Waals surface area contributed by atoms with Crippen molar-refractivity contribution in [2.24, 2.45) is 0 Å². The third-order valence-electron chi connectivity index (χ3n) is 9.62. The van der Waals surface area contributed by atoms with E-state index in [0.717, 1.165) is 77.8 Å². The van der Waals surface area contributed by atoms with Gasteiger partial charge < -0.3 is 40.0 Å². The Kier molecular flexibility index (Phi) is 36.3. The number of halogens is 5. The molecule has 4 aromatic carbocycles. The van der Waals surface area contributed by atoms with Crippen LogP contribution in [0.2, 0.25) is 0 Å². The number of benzene rings is 4. The topological polar surface area (TPSA) is 130 Å². The van der Waals surface area contributed by atoms with Gasteiger partial charge in [-0.1, -0.05) is 46.5 Å². The zero-order chi connectivity index (χ0) is 40.6. The largest absolute Gasteiger partial charge is 1.00 e. The fraction of sp³-hybridized carbons (Fsp3) is 0.372. The normalized spacial score (nSPS) is 13.8. The van der Waals surface area contributed by atoms with Crippen LogP contribution in [0, 0.1) is 0 Å². The van der Waals surface area contributed by atoms with E-state index in [9.17, 15) is 18.8 Å². The number of likely N-dealkylation sites (N-methyl/N-ethyl adjacent to an activating group) is 3. The van der Waals surface area contributed by atoms with Gasteiger partial charge in [0.15, 0.2) is 0 Å². The van der Waals surface area contributed by atoms with Gasteiger partial charge in [-0.2, -0.15) is 35.4 Å². The number of nitrogens with zero attached hydrogens (tertiary/aromatic N) is 3. The fourth-order valence-electron chi connectivity index (χ4n) is 6.42. The fourth-order valence-corrected chi connectivity index (χ4v) is 6.42. The Morgan fingerprint density at radius 3 is 1.20 bits per heavy atom. The molecule has 4 aromatic rings. The van der Waals surface area contributed by atoms with Crippen LogP contribution in [0.25, 0.3) is 0 Å².